The van der Waals surface area contributed by atoms with Gasteiger partial charge in [-0.25, -0.2) is 8.42 Å². The van der Waals surface area contributed by atoms with Crippen LogP contribution in [0.15, 0.2) is 20.1 Å². The minimum Gasteiger partial charge on any atom is -0.329 e. The van der Waals surface area contributed by atoms with Crippen LogP contribution in [0.1, 0.15) is 12.8 Å². The van der Waals surface area contributed by atoms with Gasteiger partial charge < -0.3 is 5.73 Å². The van der Waals surface area contributed by atoms with Gasteiger partial charge in [0.05, 0.1) is 0 Å². The Labute approximate surface area is 108 Å². The molecule has 0 radical (unpaired) electrons. The quantitative estimate of drug-likeness (QED) is 0.919. The molecule has 0 aromatic carbocycles. The SMILES string of the molecule is NCC1CCCN1S(=O)(=O)c1sccc1Br. The molecule has 1 fully saturated rings. The Morgan fingerprint density at radius 1 is 1.62 bits per heavy atom. The Morgan fingerprint density at radius 3 is 2.94 bits per heavy atom. The van der Waals surface area contributed by atoms with Gasteiger partial charge in [-0.1, -0.05) is 0 Å². The largest absolute Gasteiger partial charge is 0.329 e. The lowest BCUT2D eigenvalue weighted by Gasteiger charge is -2.22. The van der Waals surface area contributed by atoms with E-state index in [1.165, 1.54) is 15.6 Å². The second kappa shape index (κ2) is 4.73. The third kappa shape index (κ3) is 2.06. The Morgan fingerprint density at radius 2 is 2.38 bits per heavy atom. The Hall–Kier alpha value is 0.0500. The van der Waals surface area contributed by atoms with Gasteiger partial charge in [-0.15, -0.1) is 11.3 Å². The first-order valence-corrected chi connectivity index (χ1v) is 8.13. The van der Waals surface area contributed by atoms with Crippen molar-refractivity contribution in [2.75, 3.05) is 13.1 Å². The minimum atomic E-state index is -3.36. The molecular formula is C9H13BrN2O2S2. The van der Waals surface area contributed by atoms with Crippen LogP contribution in [-0.2, 0) is 10.0 Å². The Balaban J connectivity index is 2.36. The maximum Gasteiger partial charge on any atom is 0.253 e. The van der Waals surface area contributed by atoms with Gasteiger partial charge in [0, 0.05) is 23.6 Å². The van der Waals surface area contributed by atoms with Gasteiger partial charge in [0.2, 0.25) is 0 Å². The first-order chi connectivity index (χ1) is 7.57. The van der Waals surface area contributed by atoms with Crippen molar-refractivity contribution in [3.63, 3.8) is 0 Å². The van der Waals surface area contributed by atoms with E-state index in [9.17, 15) is 8.42 Å². The van der Waals surface area contributed by atoms with Crippen molar-refractivity contribution >= 4 is 37.3 Å². The molecule has 0 saturated carbocycles. The lowest BCUT2D eigenvalue weighted by atomic mass is 10.2. The maximum atomic E-state index is 12.3. The Kier molecular flexibility index (Phi) is 3.70. The number of rotatable bonds is 3. The number of hydrogen-bond donors (Lipinski definition) is 1. The van der Waals surface area contributed by atoms with E-state index in [1.54, 1.807) is 11.4 Å². The van der Waals surface area contributed by atoms with Crippen LogP contribution in [0.5, 0.6) is 0 Å². The summed E-state index contributed by atoms with van der Waals surface area (Å²) in [6.07, 6.45) is 1.75. The predicted octanol–water partition coefficient (Wildman–Crippen LogP) is 1.62. The first kappa shape index (κ1) is 12.5. The van der Waals surface area contributed by atoms with Gasteiger partial charge in [0.25, 0.3) is 10.0 Å². The highest BCUT2D eigenvalue weighted by atomic mass is 79.9. The average Bonchev–Trinajstić information content (AvgIpc) is 2.85. The summed E-state index contributed by atoms with van der Waals surface area (Å²) in [7, 11) is -3.36. The van der Waals surface area contributed by atoms with Gasteiger partial charge in [-0.3, -0.25) is 0 Å². The summed E-state index contributed by atoms with van der Waals surface area (Å²) in [4.78, 5) is 0. The molecule has 0 aliphatic carbocycles. The number of thiophene rings is 1. The average molecular weight is 325 g/mol. The molecule has 1 unspecified atom stereocenters. The van der Waals surface area contributed by atoms with Crippen molar-refractivity contribution in [3.05, 3.63) is 15.9 Å². The van der Waals surface area contributed by atoms with Crippen molar-refractivity contribution in [1.82, 2.24) is 4.31 Å². The van der Waals surface area contributed by atoms with Crippen LogP contribution in [0.4, 0.5) is 0 Å². The zero-order valence-corrected chi connectivity index (χ0v) is 11.8. The third-order valence-corrected chi connectivity index (χ3v) is 7.32. The molecule has 7 heteroatoms. The summed E-state index contributed by atoms with van der Waals surface area (Å²) >= 11 is 4.50. The summed E-state index contributed by atoms with van der Waals surface area (Å²) in [5, 5.41) is 1.77. The summed E-state index contributed by atoms with van der Waals surface area (Å²) < 4.78 is 27.2. The third-order valence-electron chi connectivity index (χ3n) is 2.72. The molecule has 2 rings (SSSR count). The molecule has 1 aliphatic heterocycles. The molecule has 90 valence electrons. The van der Waals surface area contributed by atoms with Gasteiger partial charge >= 0.3 is 0 Å². The zero-order chi connectivity index (χ0) is 11.8. The molecule has 0 amide bonds. The highest BCUT2D eigenvalue weighted by Gasteiger charge is 2.36. The molecule has 0 bridgehead atoms. The molecule has 1 saturated heterocycles. The fourth-order valence-electron chi connectivity index (χ4n) is 1.93. The number of halogens is 1. The molecule has 2 N–H and O–H groups in total. The molecular weight excluding hydrogens is 312 g/mol. The zero-order valence-electron chi connectivity index (χ0n) is 8.60. The summed E-state index contributed by atoms with van der Waals surface area (Å²) in [5.41, 5.74) is 5.60. The topological polar surface area (TPSA) is 63.4 Å². The molecule has 1 atom stereocenters. The van der Waals surface area contributed by atoms with Crippen LogP contribution in [0.25, 0.3) is 0 Å². The smallest absolute Gasteiger partial charge is 0.253 e. The minimum absolute atomic E-state index is 0.0426. The number of hydrogen-bond acceptors (Lipinski definition) is 4. The van der Waals surface area contributed by atoms with E-state index in [-0.39, 0.29) is 6.04 Å². The maximum absolute atomic E-state index is 12.3. The van der Waals surface area contributed by atoms with E-state index in [0.29, 0.717) is 21.8 Å². The van der Waals surface area contributed by atoms with Crippen LogP contribution in [0.3, 0.4) is 0 Å². The molecule has 2 heterocycles. The lowest BCUT2D eigenvalue weighted by Crippen LogP contribution is -2.39. The van der Waals surface area contributed by atoms with Crippen molar-refractivity contribution in [3.8, 4) is 0 Å². The predicted molar refractivity (Wildman–Crippen MR) is 68.0 cm³/mol. The van der Waals surface area contributed by atoms with Crippen molar-refractivity contribution < 1.29 is 8.42 Å². The van der Waals surface area contributed by atoms with Crippen molar-refractivity contribution in [2.45, 2.75) is 23.1 Å². The van der Waals surface area contributed by atoms with Crippen LogP contribution < -0.4 is 5.73 Å². The first-order valence-electron chi connectivity index (χ1n) is 5.02. The highest BCUT2D eigenvalue weighted by Crippen LogP contribution is 2.33. The van der Waals surface area contributed by atoms with E-state index >= 15 is 0 Å². The fourth-order valence-corrected chi connectivity index (χ4v) is 6.06. The van der Waals surface area contributed by atoms with E-state index in [2.05, 4.69) is 15.9 Å². The van der Waals surface area contributed by atoms with Crippen LogP contribution in [-0.4, -0.2) is 31.9 Å². The molecule has 1 aromatic rings. The lowest BCUT2D eigenvalue weighted by molar-refractivity contribution is 0.394. The van der Waals surface area contributed by atoms with E-state index in [0.717, 1.165) is 12.8 Å². The number of nitrogens with zero attached hydrogens (tertiary/aromatic N) is 1. The van der Waals surface area contributed by atoms with Crippen LogP contribution in [0.2, 0.25) is 0 Å². The molecule has 16 heavy (non-hydrogen) atoms. The summed E-state index contributed by atoms with van der Waals surface area (Å²) in [6, 6.07) is 1.71. The fraction of sp³-hybridized carbons (Fsp3) is 0.556. The number of nitrogens with two attached hydrogens (primary N) is 1. The van der Waals surface area contributed by atoms with E-state index in [1.807, 2.05) is 0 Å². The van der Waals surface area contributed by atoms with Crippen molar-refractivity contribution in [1.29, 1.82) is 0 Å². The van der Waals surface area contributed by atoms with Gasteiger partial charge in [-0.05, 0) is 40.2 Å². The molecule has 4 nitrogen and oxygen atoms in total. The molecule has 1 aliphatic rings. The number of sulfonamides is 1. The highest BCUT2D eigenvalue weighted by molar-refractivity contribution is 9.10. The second-order valence-electron chi connectivity index (χ2n) is 3.70. The second-order valence-corrected chi connectivity index (χ2v) is 7.56. The van der Waals surface area contributed by atoms with Gasteiger partial charge in [0.1, 0.15) is 4.21 Å². The van der Waals surface area contributed by atoms with Crippen LogP contribution in [0, 0.1) is 0 Å². The van der Waals surface area contributed by atoms with Crippen molar-refractivity contribution in [2.24, 2.45) is 5.73 Å². The molecule has 1 aromatic heterocycles. The monoisotopic (exact) mass is 324 g/mol. The molecule has 0 spiro atoms. The van der Waals surface area contributed by atoms with E-state index in [4.69, 9.17) is 5.73 Å². The van der Waals surface area contributed by atoms with Crippen LogP contribution >= 0.6 is 27.3 Å². The van der Waals surface area contributed by atoms with Gasteiger partial charge in [0.15, 0.2) is 0 Å². The summed E-state index contributed by atoms with van der Waals surface area (Å²) in [5.74, 6) is 0. The summed E-state index contributed by atoms with van der Waals surface area (Å²) in [6.45, 7) is 0.969. The van der Waals surface area contributed by atoms with Gasteiger partial charge in [-0.2, -0.15) is 4.31 Å². The normalized spacial score (nSPS) is 22.8. The Bertz CT molecular complexity index is 472. The van der Waals surface area contributed by atoms with E-state index < -0.39 is 10.0 Å². The standard InChI is InChI=1S/C9H13BrN2O2S2/c10-8-3-5-15-9(8)16(13,14)12-4-1-2-7(12)6-11/h3,5,7H,1-2,4,6,11H2.